The van der Waals surface area contributed by atoms with Gasteiger partial charge in [-0.1, -0.05) is 24.3 Å². The van der Waals surface area contributed by atoms with Crippen LogP contribution in [-0.4, -0.2) is 60.2 Å². The van der Waals surface area contributed by atoms with Crippen molar-refractivity contribution in [3.05, 3.63) is 71.3 Å². The second-order valence-corrected chi connectivity index (χ2v) is 8.71. The molecule has 0 aromatic heterocycles. The summed E-state index contributed by atoms with van der Waals surface area (Å²) in [7, 11) is 1.27. The molecule has 0 aliphatic carbocycles. The third-order valence-electron chi connectivity index (χ3n) is 5.25. The van der Waals surface area contributed by atoms with Crippen molar-refractivity contribution in [2.45, 2.75) is 38.5 Å². The van der Waals surface area contributed by atoms with Crippen molar-refractivity contribution < 1.29 is 27.8 Å². The van der Waals surface area contributed by atoms with Crippen molar-refractivity contribution in [2.75, 3.05) is 26.7 Å². The maximum atomic E-state index is 13.6. The normalized spacial score (nSPS) is 17.3. The number of hydrogen-bond donors (Lipinski definition) is 0. The van der Waals surface area contributed by atoms with Gasteiger partial charge in [0.25, 0.3) is 0 Å². The quantitative estimate of drug-likeness (QED) is 0.661. The van der Waals surface area contributed by atoms with E-state index in [4.69, 9.17) is 9.47 Å². The van der Waals surface area contributed by atoms with E-state index >= 15 is 0 Å². The van der Waals surface area contributed by atoms with Crippen LogP contribution in [0.5, 0.6) is 0 Å². The molecule has 172 valence electrons. The van der Waals surface area contributed by atoms with Crippen LogP contribution in [0.25, 0.3) is 0 Å². The topological polar surface area (TPSA) is 59.1 Å². The summed E-state index contributed by atoms with van der Waals surface area (Å²) in [6, 6.07) is 10.8. The maximum absolute atomic E-state index is 13.6. The number of hydrogen-bond acceptors (Lipinski definition) is 5. The lowest BCUT2D eigenvalue weighted by molar-refractivity contribution is -0.149. The number of carbonyl (C=O) groups excluding carboxylic acids is 2. The van der Waals surface area contributed by atoms with Gasteiger partial charge >= 0.3 is 12.1 Å². The molecule has 0 bridgehead atoms. The summed E-state index contributed by atoms with van der Waals surface area (Å²) in [5.41, 5.74) is 0.860. The average molecular weight is 446 g/mol. The largest absolute Gasteiger partial charge is 0.467 e. The first kappa shape index (κ1) is 23.7. The van der Waals surface area contributed by atoms with Crippen LogP contribution in [0.4, 0.5) is 13.6 Å². The molecule has 1 saturated heterocycles. The molecule has 1 unspecified atom stereocenters. The van der Waals surface area contributed by atoms with Gasteiger partial charge in [0.15, 0.2) is 0 Å². The smallest absolute Gasteiger partial charge is 0.411 e. The Morgan fingerprint density at radius 2 is 1.44 bits per heavy atom. The molecule has 1 aliphatic rings. The summed E-state index contributed by atoms with van der Waals surface area (Å²) in [6.45, 7) is 6.10. The van der Waals surface area contributed by atoms with Gasteiger partial charge < -0.3 is 9.47 Å². The number of halogens is 2. The molecule has 3 rings (SSSR count). The predicted octanol–water partition coefficient (Wildman–Crippen LogP) is 4.15. The molecule has 2 aromatic rings. The Labute approximate surface area is 186 Å². The maximum Gasteiger partial charge on any atom is 0.411 e. The van der Waals surface area contributed by atoms with E-state index in [1.807, 2.05) is 4.90 Å². The van der Waals surface area contributed by atoms with E-state index in [-0.39, 0.29) is 30.8 Å². The second-order valence-electron chi connectivity index (χ2n) is 8.71. The zero-order valence-corrected chi connectivity index (χ0v) is 18.7. The van der Waals surface area contributed by atoms with E-state index in [0.717, 1.165) is 11.1 Å². The monoisotopic (exact) mass is 446 g/mol. The highest BCUT2D eigenvalue weighted by atomic mass is 19.1. The molecule has 1 aliphatic heterocycles. The van der Waals surface area contributed by atoms with Gasteiger partial charge in [-0.25, -0.2) is 18.4 Å². The summed E-state index contributed by atoms with van der Waals surface area (Å²) in [5, 5.41) is 0. The summed E-state index contributed by atoms with van der Waals surface area (Å²) >= 11 is 0. The zero-order chi connectivity index (χ0) is 23.5. The molecule has 1 heterocycles. The fourth-order valence-corrected chi connectivity index (χ4v) is 3.82. The standard InChI is InChI=1S/C24H28F2N2O4/c1-24(2,3)32-23(30)28-14-13-27(15-20(28)22(29)31-4)21(16-5-9-18(25)10-6-16)17-7-11-19(26)12-8-17/h5-12,20-21H,13-15H2,1-4H3. The van der Waals surface area contributed by atoms with Crippen molar-refractivity contribution in [1.82, 2.24) is 9.80 Å². The minimum absolute atomic E-state index is 0.172. The molecule has 1 fully saturated rings. The van der Waals surface area contributed by atoms with Crippen molar-refractivity contribution in [1.29, 1.82) is 0 Å². The molecule has 2 aromatic carbocycles. The van der Waals surface area contributed by atoms with Crippen LogP contribution < -0.4 is 0 Å². The minimum atomic E-state index is -0.882. The first-order valence-corrected chi connectivity index (χ1v) is 10.4. The first-order valence-electron chi connectivity index (χ1n) is 10.4. The number of carbonyl (C=O) groups is 2. The van der Waals surface area contributed by atoms with Gasteiger partial charge in [0.1, 0.15) is 23.3 Å². The summed E-state index contributed by atoms with van der Waals surface area (Å²) < 4.78 is 37.5. The summed E-state index contributed by atoms with van der Waals surface area (Å²) in [4.78, 5) is 28.7. The number of piperazine rings is 1. The molecule has 0 radical (unpaired) electrons. The van der Waals surface area contributed by atoms with Crippen LogP contribution in [0, 0.1) is 11.6 Å². The van der Waals surface area contributed by atoms with Gasteiger partial charge in [0, 0.05) is 19.6 Å². The number of benzene rings is 2. The van der Waals surface area contributed by atoms with Crippen molar-refractivity contribution in [3.63, 3.8) is 0 Å². The molecule has 0 saturated carbocycles. The molecule has 0 N–H and O–H groups in total. The molecular weight excluding hydrogens is 418 g/mol. The highest BCUT2D eigenvalue weighted by Gasteiger charge is 2.40. The summed E-state index contributed by atoms with van der Waals surface area (Å²) in [5.74, 6) is -1.29. The average Bonchev–Trinajstić information content (AvgIpc) is 2.74. The van der Waals surface area contributed by atoms with Crippen molar-refractivity contribution in [3.8, 4) is 0 Å². The van der Waals surface area contributed by atoms with Crippen LogP contribution in [0.15, 0.2) is 48.5 Å². The van der Waals surface area contributed by atoms with Gasteiger partial charge in [0.2, 0.25) is 0 Å². The Morgan fingerprint density at radius 3 is 1.88 bits per heavy atom. The minimum Gasteiger partial charge on any atom is -0.467 e. The van der Waals surface area contributed by atoms with Gasteiger partial charge in [-0.05, 0) is 56.2 Å². The van der Waals surface area contributed by atoms with Gasteiger partial charge in [-0.15, -0.1) is 0 Å². The molecular formula is C24H28F2N2O4. The van der Waals surface area contributed by atoms with Crippen LogP contribution in [0.1, 0.15) is 37.9 Å². The van der Waals surface area contributed by atoms with E-state index in [1.54, 1.807) is 45.0 Å². The Bertz CT molecular complexity index is 896. The number of rotatable bonds is 4. The highest BCUT2D eigenvalue weighted by Crippen LogP contribution is 2.32. The van der Waals surface area contributed by atoms with Crippen molar-refractivity contribution >= 4 is 12.1 Å². The first-order chi connectivity index (χ1) is 15.1. The SMILES string of the molecule is COC(=O)C1CN(C(c2ccc(F)cc2)c2ccc(F)cc2)CCN1C(=O)OC(C)(C)C. The lowest BCUT2D eigenvalue weighted by Gasteiger charge is -2.43. The fourth-order valence-electron chi connectivity index (χ4n) is 3.82. The molecule has 32 heavy (non-hydrogen) atoms. The molecule has 8 heteroatoms. The number of nitrogens with zero attached hydrogens (tertiary/aromatic N) is 2. The van der Waals surface area contributed by atoms with Gasteiger partial charge in [-0.3, -0.25) is 9.80 Å². The van der Waals surface area contributed by atoms with Crippen molar-refractivity contribution in [2.24, 2.45) is 0 Å². The van der Waals surface area contributed by atoms with Crippen LogP contribution in [0.3, 0.4) is 0 Å². The Hall–Kier alpha value is -3.00. The number of methoxy groups -OCH3 is 1. The van der Waals surface area contributed by atoms with Crippen LogP contribution >= 0.6 is 0 Å². The Morgan fingerprint density at radius 1 is 0.938 bits per heavy atom. The highest BCUT2D eigenvalue weighted by molar-refractivity contribution is 5.82. The molecule has 6 nitrogen and oxygen atoms in total. The van der Waals surface area contributed by atoms with Gasteiger partial charge in [-0.2, -0.15) is 0 Å². The summed E-state index contributed by atoms with van der Waals surface area (Å²) in [6.07, 6.45) is -0.590. The molecule has 1 atom stereocenters. The lowest BCUT2D eigenvalue weighted by Crippen LogP contribution is -2.59. The zero-order valence-electron chi connectivity index (χ0n) is 18.7. The Kier molecular flexibility index (Phi) is 7.13. The third kappa shape index (κ3) is 5.62. The lowest BCUT2D eigenvalue weighted by atomic mass is 9.95. The Balaban J connectivity index is 1.94. The predicted molar refractivity (Wildman–Crippen MR) is 115 cm³/mol. The van der Waals surface area contributed by atoms with Gasteiger partial charge in [0.05, 0.1) is 13.2 Å². The van der Waals surface area contributed by atoms with E-state index in [0.29, 0.717) is 6.54 Å². The van der Waals surface area contributed by atoms with E-state index < -0.39 is 23.7 Å². The number of esters is 1. The van der Waals surface area contributed by atoms with E-state index in [9.17, 15) is 18.4 Å². The van der Waals surface area contributed by atoms with E-state index in [2.05, 4.69) is 0 Å². The second kappa shape index (κ2) is 9.65. The third-order valence-corrected chi connectivity index (χ3v) is 5.25. The fraction of sp³-hybridized carbons (Fsp3) is 0.417. The van der Waals surface area contributed by atoms with Crippen LogP contribution in [-0.2, 0) is 14.3 Å². The van der Waals surface area contributed by atoms with E-state index in [1.165, 1.54) is 36.3 Å². The number of amides is 1. The molecule has 1 amide bonds. The molecule has 0 spiro atoms. The number of ether oxygens (including phenoxy) is 2. The van der Waals surface area contributed by atoms with Crippen LogP contribution in [0.2, 0.25) is 0 Å².